The van der Waals surface area contributed by atoms with Crippen molar-refractivity contribution in [3.63, 3.8) is 0 Å². The Balaban J connectivity index is 1.56. The molecule has 2 aliphatic heterocycles. The molecule has 2 aliphatic rings. The molecule has 0 bridgehead atoms. The van der Waals surface area contributed by atoms with Crippen molar-refractivity contribution in [1.29, 1.82) is 0 Å². The summed E-state index contributed by atoms with van der Waals surface area (Å²) in [7, 11) is -2.86. The minimum atomic E-state index is -2.86. The van der Waals surface area contributed by atoms with Gasteiger partial charge in [-0.05, 0) is 18.6 Å². The highest BCUT2D eigenvalue weighted by molar-refractivity contribution is 7.91. The molecule has 2 fully saturated rings. The highest BCUT2D eigenvalue weighted by Gasteiger charge is 2.34. The Bertz CT molecular complexity index is 644. The molecule has 3 heterocycles. The lowest BCUT2D eigenvalue weighted by Gasteiger charge is -2.37. The Labute approximate surface area is 131 Å². The fourth-order valence-corrected chi connectivity index (χ4v) is 4.95. The number of hydrogen-bond donors (Lipinski definition) is 0. The Hall–Kier alpha value is -1.34. The van der Waals surface area contributed by atoms with E-state index in [-0.39, 0.29) is 17.7 Å². The van der Waals surface area contributed by atoms with Crippen molar-refractivity contribution in [2.45, 2.75) is 25.8 Å². The van der Waals surface area contributed by atoms with Gasteiger partial charge in [-0.1, -0.05) is 6.92 Å². The average molecular weight is 326 g/mol. The van der Waals surface area contributed by atoms with Gasteiger partial charge >= 0.3 is 0 Å². The largest absolute Gasteiger partial charge is 0.456 e. The van der Waals surface area contributed by atoms with E-state index >= 15 is 0 Å². The normalized spacial score (nSPS) is 25.5. The van der Waals surface area contributed by atoms with E-state index in [0.29, 0.717) is 31.0 Å². The summed E-state index contributed by atoms with van der Waals surface area (Å²) in [6.07, 6.45) is 1.49. The zero-order valence-electron chi connectivity index (χ0n) is 12.8. The minimum Gasteiger partial charge on any atom is -0.456 e. The van der Waals surface area contributed by atoms with Crippen molar-refractivity contribution >= 4 is 15.7 Å². The molecular formula is C15H22N2O4S. The van der Waals surface area contributed by atoms with Crippen molar-refractivity contribution in [3.05, 3.63) is 23.7 Å². The van der Waals surface area contributed by atoms with Crippen LogP contribution in [0, 0.1) is 0 Å². The first kappa shape index (κ1) is 15.6. The van der Waals surface area contributed by atoms with Crippen molar-refractivity contribution in [2.24, 2.45) is 0 Å². The van der Waals surface area contributed by atoms with Crippen molar-refractivity contribution in [2.75, 3.05) is 37.7 Å². The van der Waals surface area contributed by atoms with Gasteiger partial charge in [-0.2, -0.15) is 0 Å². The number of furan rings is 1. The molecule has 0 saturated carbocycles. The zero-order valence-corrected chi connectivity index (χ0v) is 13.6. The topological polar surface area (TPSA) is 70.8 Å². The molecule has 1 atom stereocenters. The first-order chi connectivity index (χ1) is 10.5. The molecule has 1 aromatic heterocycles. The predicted octanol–water partition coefficient (Wildman–Crippen LogP) is 0.787. The lowest BCUT2D eigenvalue weighted by molar-refractivity contribution is 0.0557. The number of amides is 1. The van der Waals surface area contributed by atoms with E-state index < -0.39 is 9.84 Å². The molecule has 1 aromatic rings. The van der Waals surface area contributed by atoms with Crippen LogP contribution in [0.5, 0.6) is 0 Å². The Morgan fingerprint density at radius 1 is 1.27 bits per heavy atom. The van der Waals surface area contributed by atoms with Crippen LogP contribution in [0.25, 0.3) is 0 Å². The lowest BCUT2D eigenvalue weighted by Crippen LogP contribution is -2.52. The molecule has 22 heavy (non-hydrogen) atoms. The Morgan fingerprint density at radius 2 is 2.00 bits per heavy atom. The number of carbonyl (C=O) groups excluding carboxylic acids is 1. The molecule has 3 rings (SSSR count). The molecule has 0 radical (unpaired) electrons. The Kier molecular flexibility index (Phi) is 4.27. The van der Waals surface area contributed by atoms with Crippen molar-refractivity contribution < 1.29 is 17.6 Å². The highest BCUT2D eigenvalue weighted by Crippen LogP contribution is 2.20. The smallest absolute Gasteiger partial charge is 0.289 e. The number of sulfone groups is 1. The van der Waals surface area contributed by atoms with Gasteiger partial charge in [0.1, 0.15) is 5.76 Å². The number of rotatable bonds is 3. The van der Waals surface area contributed by atoms with Gasteiger partial charge in [-0.15, -0.1) is 0 Å². The van der Waals surface area contributed by atoms with Crippen molar-refractivity contribution in [1.82, 2.24) is 9.80 Å². The third-order valence-corrected chi connectivity index (χ3v) is 6.30. The molecule has 0 N–H and O–H groups in total. The van der Waals surface area contributed by atoms with Crippen molar-refractivity contribution in [3.8, 4) is 0 Å². The molecule has 0 spiro atoms. The summed E-state index contributed by atoms with van der Waals surface area (Å²) in [6, 6.07) is 3.70. The van der Waals surface area contributed by atoms with E-state index in [0.717, 1.165) is 25.3 Å². The number of nitrogens with zero attached hydrogens (tertiary/aromatic N) is 2. The van der Waals surface area contributed by atoms with Gasteiger partial charge in [0.2, 0.25) is 0 Å². The Morgan fingerprint density at radius 3 is 2.55 bits per heavy atom. The fourth-order valence-electron chi connectivity index (χ4n) is 3.19. The first-order valence-corrected chi connectivity index (χ1v) is 9.63. The SMILES string of the molecule is CCc1ccc(C(=O)N2CCN([C@@H]3CCS(=O)(=O)C3)CC2)o1. The van der Waals surface area contributed by atoms with Gasteiger partial charge in [0, 0.05) is 38.6 Å². The highest BCUT2D eigenvalue weighted by atomic mass is 32.2. The van der Waals surface area contributed by atoms with Crippen LogP contribution < -0.4 is 0 Å². The van der Waals surface area contributed by atoms with E-state index in [2.05, 4.69) is 4.90 Å². The van der Waals surface area contributed by atoms with E-state index in [1.807, 2.05) is 13.0 Å². The summed E-state index contributed by atoms with van der Waals surface area (Å²) < 4.78 is 28.7. The quantitative estimate of drug-likeness (QED) is 0.821. The molecule has 122 valence electrons. The van der Waals surface area contributed by atoms with Gasteiger partial charge in [0.25, 0.3) is 5.91 Å². The summed E-state index contributed by atoms with van der Waals surface area (Å²) in [5.74, 6) is 1.70. The second kappa shape index (κ2) is 6.04. The molecule has 2 saturated heterocycles. The van der Waals surface area contributed by atoms with Crippen LogP contribution in [0.15, 0.2) is 16.5 Å². The molecule has 1 amide bonds. The number of piperazine rings is 1. The van der Waals surface area contributed by atoms with E-state index in [4.69, 9.17) is 4.42 Å². The molecule has 7 heteroatoms. The van der Waals surface area contributed by atoms with Crippen LogP contribution in [-0.2, 0) is 16.3 Å². The molecular weight excluding hydrogens is 304 g/mol. The fraction of sp³-hybridized carbons (Fsp3) is 0.667. The lowest BCUT2D eigenvalue weighted by atomic mass is 10.2. The molecule has 0 aliphatic carbocycles. The number of aryl methyl sites for hydroxylation is 1. The number of carbonyl (C=O) groups is 1. The minimum absolute atomic E-state index is 0.0709. The standard InChI is InChI=1S/C15H22N2O4S/c1-2-13-3-4-14(21-13)15(18)17-8-6-16(7-9-17)12-5-10-22(19,20)11-12/h3-4,12H,2,5-11H2,1H3/t12-/m1/s1. The molecule has 0 aromatic carbocycles. The average Bonchev–Trinajstić information content (AvgIpc) is 3.13. The summed E-state index contributed by atoms with van der Waals surface area (Å²) >= 11 is 0. The summed E-state index contributed by atoms with van der Waals surface area (Å²) in [5, 5.41) is 0. The first-order valence-electron chi connectivity index (χ1n) is 7.81. The van der Waals surface area contributed by atoms with Gasteiger partial charge in [0.05, 0.1) is 11.5 Å². The predicted molar refractivity (Wildman–Crippen MR) is 82.6 cm³/mol. The monoisotopic (exact) mass is 326 g/mol. The number of hydrogen-bond acceptors (Lipinski definition) is 5. The van der Waals surface area contributed by atoms with E-state index in [1.54, 1.807) is 11.0 Å². The van der Waals surface area contributed by atoms with Gasteiger partial charge in [-0.25, -0.2) is 8.42 Å². The van der Waals surface area contributed by atoms with Crippen LogP contribution in [0.2, 0.25) is 0 Å². The van der Waals surface area contributed by atoms with Gasteiger partial charge < -0.3 is 9.32 Å². The zero-order chi connectivity index (χ0) is 15.7. The second-order valence-corrected chi connectivity index (χ2v) is 8.23. The third-order valence-electron chi connectivity index (χ3n) is 4.55. The van der Waals surface area contributed by atoms with Gasteiger partial charge in [-0.3, -0.25) is 9.69 Å². The van der Waals surface area contributed by atoms with Crippen LogP contribution >= 0.6 is 0 Å². The summed E-state index contributed by atoms with van der Waals surface area (Å²) in [4.78, 5) is 16.4. The van der Waals surface area contributed by atoms with Gasteiger partial charge in [0.15, 0.2) is 15.6 Å². The molecule has 6 nitrogen and oxygen atoms in total. The van der Waals surface area contributed by atoms with E-state index in [9.17, 15) is 13.2 Å². The van der Waals surface area contributed by atoms with Crippen LogP contribution in [-0.4, -0.2) is 67.9 Å². The summed E-state index contributed by atoms with van der Waals surface area (Å²) in [6.45, 7) is 4.69. The van der Waals surface area contributed by atoms with Crippen LogP contribution in [0.4, 0.5) is 0 Å². The maximum Gasteiger partial charge on any atom is 0.289 e. The van der Waals surface area contributed by atoms with E-state index in [1.165, 1.54) is 0 Å². The van der Waals surface area contributed by atoms with Crippen LogP contribution in [0.1, 0.15) is 29.7 Å². The van der Waals surface area contributed by atoms with Crippen LogP contribution in [0.3, 0.4) is 0 Å². The molecule has 0 unspecified atom stereocenters. The maximum absolute atomic E-state index is 12.4. The summed E-state index contributed by atoms with van der Waals surface area (Å²) in [5.41, 5.74) is 0. The second-order valence-electron chi connectivity index (χ2n) is 6.00. The maximum atomic E-state index is 12.4. The third kappa shape index (κ3) is 3.20.